The van der Waals surface area contributed by atoms with E-state index in [1.54, 1.807) is 13.3 Å². The van der Waals surface area contributed by atoms with Gasteiger partial charge in [0.25, 0.3) is 5.91 Å². The minimum Gasteiger partial charge on any atom is -0.497 e. The molecule has 0 unspecified atom stereocenters. The molecule has 1 aromatic heterocycles. The molecule has 4 rings (SSSR count). The van der Waals surface area contributed by atoms with Crippen molar-refractivity contribution < 1.29 is 9.53 Å². The zero-order chi connectivity index (χ0) is 22.5. The lowest BCUT2D eigenvalue weighted by atomic mass is 10.1. The topological polar surface area (TPSA) is 50.6 Å². The molecule has 2 heterocycles. The van der Waals surface area contributed by atoms with Crippen LogP contribution in [0.2, 0.25) is 0 Å². The van der Waals surface area contributed by atoms with Gasteiger partial charge in [0, 0.05) is 32.7 Å². The van der Waals surface area contributed by atoms with Gasteiger partial charge in [-0.3, -0.25) is 9.69 Å². The summed E-state index contributed by atoms with van der Waals surface area (Å²) in [5.74, 6) is 0.964. The summed E-state index contributed by atoms with van der Waals surface area (Å²) < 4.78 is 7.15. The second-order valence-electron chi connectivity index (χ2n) is 8.38. The van der Waals surface area contributed by atoms with E-state index in [0.717, 1.165) is 68.3 Å². The summed E-state index contributed by atoms with van der Waals surface area (Å²) in [5.41, 5.74) is 5.15. The third kappa shape index (κ3) is 4.86. The van der Waals surface area contributed by atoms with Crippen molar-refractivity contribution in [2.75, 3.05) is 33.3 Å². The highest BCUT2D eigenvalue weighted by molar-refractivity contribution is 5.95. The Kier molecular flexibility index (Phi) is 6.90. The molecular formula is C26H32N4O2. The molecule has 3 aromatic rings. The lowest BCUT2D eigenvalue weighted by Crippen LogP contribution is -2.35. The normalized spacial score (nSPS) is 14.9. The molecule has 168 valence electrons. The van der Waals surface area contributed by atoms with E-state index in [1.165, 1.54) is 11.1 Å². The molecule has 0 N–H and O–H groups in total. The Hall–Kier alpha value is -3.12. The van der Waals surface area contributed by atoms with Crippen molar-refractivity contribution in [1.82, 2.24) is 19.6 Å². The van der Waals surface area contributed by atoms with Gasteiger partial charge in [-0.1, -0.05) is 36.8 Å². The quantitative estimate of drug-likeness (QED) is 0.589. The molecular weight excluding hydrogens is 400 g/mol. The Balaban J connectivity index is 1.44. The number of methoxy groups -OCH3 is 1. The van der Waals surface area contributed by atoms with Gasteiger partial charge in [0.2, 0.25) is 0 Å². The van der Waals surface area contributed by atoms with E-state index in [4.69, 9.17) is 4.74 Å². The van der Waals surface area contributed by atoms with E-state index in [2.05, 4.69) is 60.2 Å². The van der Waals surface area contributed by atoms with Crippen LogP contribution in [-0.2, 0) is 13.0 Å². The summed E-state index contributed by atoms with van der Waals surface area (Å²) in [6.45, 7) is 8.39. The summed E-state index contributed by atoms with van der Waals surface area (Å²) in [4.78, 5) is 17.8. The van der Waals surface area contributed by atoms with Crippen LogP contribution in [0, 0.1) is 6.92 Å². The third-order valence-corrected chi connectivity index (χ3v) is 6.15. The van der Waals surface area contributed by atoms with Crippen molar-refractivity contribution >= 4 is 5.91 Å². The summed E-state index contributed by atoms with van der Waals surface area (Å²) in [5, 5.41) is 4.56. The SMILES string of the molecule is CCc1c(C(=O)N2CCCN(Cc3ccc(OC)cc3)CC2)cnn1-c1ccc(C)cc1. The fourth-order valence-corrected chi connectivity index (χ4v) is 4.29. The van der Waals surface area contributed by atoms with Gasteiger partial charge in [-0.25, -0.2) is 4.68 Å². The number of nitrogens with zero attached hydrogens (tertiary/aromatic N) is 4. The number of ether oxygens (including phenoxy) is 1. The molecule has 0 radical (unpaired) electrons. The molecule has 1 aliphatic rings. The van der Waals surface area contributed by atoms with Gasteiger partial charge in [-0.15, -0.1) is 0 Å². The number of benzene rings is 2. The standard InChI is InChI=1S/C26H32N4O2/c1-4-25-24(18-27-30(25)22-10-6-20(2)7-11-22)26(31)29-15-5-14-28(16-17-29)19-21-8-12-23(32-3)13-9-21/h6-13,18H,4-5,14-17,19H2,1-3H3. The Morgan fingerprint density at radius 2 is 1.75 bits per heavy atom. The predicted octanol–water partition coefficient (Wildman–Crippen LogP) is 4.10. The number of hydrogen-bond donors (Lipinski definition) is 0. The van der Waals surface area contributed by atoms with Gasteiger partial charge in [-0.05, 0) is 49.6 Å². The minimum atomic E-state index is 0.0894. The third-order valence-electron chi connectivity index (χ3n) is 6.15. The molecule has 2 aromatic carbocycles. The molecule has 0 spiro atoms. The van der Waals surface area contributed by atoms with Crippen LogP contribution in [0.5, 0.6) is 5.75 Å². The average Bonchev–Trinajstić information content (AvgIpc) is 3.11. The summed E-state index contributed by atoms with van der Waals surface area (Å²) in [6.07, 6.45) is 3.46. The highest BCUT2D eigenvalue weighted by atomic mass is 16.5. The maximum Gasteiger partial charge on any atom is 0.257 e. The molecule has 0 bridgehead atoms. The number of aromatic nitrogens is 2. The Bertz CT molecular complexity index is 1040. The van der Waals surface area contributed by atoms with Crippen molar-refractivity contribution in [1.29, 1.82) is 0 Å². The van der Waals surface area contributed by atoms with Gasteiger partial charge >= 0.3 is 0 Å². The fourth-order valence-electron chi connectivity index (χ4n) is 4.29. The number of carbonyl (C=O) groups excluding carboxylic acids is 1. The first kappa shape index (κ1) is 22.1. The van der Waals surface area contributed by atoms with E-state index in [9.17, 15) is 4.79 Å². The molecule has 0 saturated carbocycles. The highest BCUT2D eigenvalue weighted by Gasteiger charge is 2.24. The van der Waals surface area contributed by atoms with Crippen LogP contribution in [-0.4, -0.2) is 58.8 Å². The van der Waals surface area contributed by atoms with Gasteiger partial charge < -0.3 is 9.64 Å². The first-order valence-corrected chi connectivity index (χ1v) is 11.4. The van der Waals surface area contributed by atoms with Crippen molar-refractivity contribution in [3.05, 3.63) is 77.1 Å². The molecule has 0 aliphatic carbocycles. The lowest BCUT2D eigenvalue weighted by Gasteiger charge is -2.22. The van der Waals surface area contributed by atoms with Crippen LogP contribution in [0.3, 0.4) is 0 Å². The fraction of sp³-hybridized carbons (Fsp3) is 0.385. The monoisotopic (exact) mass is 432 g/mol. The first-order valence-electron chi connectivity index (χ1n) is 11.4. The van der Waals surface area contributed by atoms with E-state index >= 15 is 0 Å². The van der Waals surface area contributed by atoms with Gasteiger partial charge in [-0.2, -0.15) is 5.10 Å². The Morgan fingerprint density at radius 3 is 2.44 bits per heavy atom. The van der Waals surface area contributed by atoms with Crippen LogP contribution >= 0.6 is 0 Å². The summed E-state index contributed by atoms with van der Waals surface area (Å²) in [6, 6.07) is 16.5. The highest BCUT2D eigenvalue weighted by Crippen LogP contribution is 2.20. The van der Waals surface area contributed by atoms with Crippen LogP contribution in [0.1, 0.15) is 40.5 Å². The molecule has 6 heteroatoms. The van der Waals surface area contributed by atoms with Crippen molar-refractivity contribution in [3.63, 3.8) is 0 Å². The second kappa shape index (κ2) is 10.0. The van der Waals surface area contributed by atoms with Crippen LogP contribution in [0.15, 0.2) is 54.7 Å². The van der Waals surface area contributed by atoms with Gasteiger partial charge in [0.05, 0.1) is 30.3 Å². The average molecular weight is 433 g/mol. The van der Waals surface area contributed by atoms with E-state index in [1.807, 2.05) is 21.7 Å². The largest absolute Gasteiger partial charge is 0.497 e. The van der Waals surface area contributed by atoms with Gasteiger partial charge in [0.1, 0.15) is 5.75 Å². The molecule has 1 saturated heterocycles. The maximum absolute atomic E-state index is 13.4. The summed E-state index contributed by atoms with van der Waals surface area (Å²) >= 11 is 0. The van der Waals surface area contributed by atoms with Crippen molar-refractivity contribution in [2.45, 2.75) is 33.2 Å². The smallest absolute Gasteiger partial charge is 0.257 e. The van der Waals surface area contributed by atoms with Crippen molar-refractivity contribution in [3.8, 4) is 11.4 Å². The summed E-state index contributed by atoms with van der Waals surface area (Å²) in [7, 11) is 1.68. The number of aryl methyl sites for hydroxylation is 1. The van der Waals surface area contributed by atoms with Crippen LogP contribution in [0.25, 0.3) is 5.69 Å². The van der Waals surface area contributed by atoms with Gasteiger partial charge in [0.15, 0.2) is 0 Å². The number of carbonyl (C=O) groups is 1. The number of rotatable bonds is 6. The van der Waals surface area contributed by atoms with E-state index < -0.39 is 0 Å². The molecule has 1 aliphatic heterocycles. The first-order chi connectivity index (χ1) is 15.6. The minimum absolute atomic E-state index is 0.0894. The molecule has 1 fully saturated rings. The Morgan fingerprint density at radius 1 is 1.00 bits per heavy atom. The lowest BCUT2D eigenvalue weighted by molar-refractivity contribution is 0.0760. The number of hydrogen-bond acceptors (Lipinski definition) is 4. The molecule has 1 amide bonds. The predicted molar refractivity (Wildman–Crippen MR) is 126 cm³/mol. The van der Waals surface area contributed by atoms with Crippen LogP contribution in [0.4, 0.5) is 0 Å². The van der Waals surface area contributed by atoms with E-state index in [0.29, 0.717) is 0 Å². The zero-order valence-electron chi connectivity index (χ0n) is 19.3. The molecule has 0 atom stereocenters. The molecule has 6 nitrogen and oxygen atoms in total. The second-order valence-corrected chi connectivity index (χ2v) is 8.38. The van der Waals surface area contributed by atoms with Crippen molar-refractivity contribution in [2.24, 2.45) is 0 Å². The van der Waals surface area contributed by atoms with E-state index in [-0.39, 0.29) is 5.91 Å². The van der Waals surface area contributed by atoms with Crippen LogP contribution < -0.4 is 4.74 Å². The number of amides is 1. The zero-order valence-corrected chi connectivity index (χ0v) is 19.3. The Labute approximate surface area is 190 Å². The maximum atomic E-state index is 13.4. The molecule has 32 heavy (non-hydrogen) atoms.